The highest BCUT2D eigenvalue weighted by Gasteiger charge is 2.08. The molecule has 0 saturated carbocycles. The van der Waals surface area contributed by atoms with Gasteiger partial charge in [0.25, 0.3) is 0 Å². The van der Waals surface area contributed by atoms with E-state index in [1.807, 2.05) is 0 Å². The van der Waals surface area contributed by atoms with Crippen molar-refractivity contribution in [1.29, 1.82) is 0 Å². The van der Waals surface area contributed by atoms with Crippen LogP contribution in [0.15, 0.2) is 11.4 Å². The van der Waals surface area contributed by atoms with Crippen molar-refractivity contribution in [2.45, 2.75) is 5.03 Å². The van der Waals surface area contributed by atoms with Crippen molar-refractivity contribution in [2.24, 2.45) is 0 Å². The molecule has 7 heteroatoms. The first-order valence-corrected chi connectivity index (χ1v) is 3.29. The molecule has 2 aromatic rings. The molecule has 0 aliphatic heterocycles. The van der Waals surface area contributed by atoms with Gasteiger partial charge in [0.2, 0.25) is 5.82 Å². The lowest BCUT2D eigenvalue weighted by Crippen LogP contribution is -1.81. The number of nitrogens with one attached hydrogen (secondary N) is 2. The third-order valence-corrected chi connectivity index (χ3v) is 1.47. The van der Waals surface area contributed by atoms with E-state index in [9.17, 15) is 0 Å². The van der Waals surface area contributed by atoms with E-state index in [2.05, 4.69) is 43.2 Å². The second-order valence-electron chi connectivity index (χ2n) is 1.83. The van der Waals surface area contributed by atoms with Gasteiger partial charge in [-0.25, -0.2) is 4.98 Å². The van der Waals surface area contributed by atoms with E-state index in [1.165, 1.54) is 6.33 Å². The van der Waals surface area contributed by atoms with Gasteiger partial charge < -0.3 is 0 Å². The van der Waals surface area contributed by atoms with Gasteiger partial charge in [0.05, 0.1) is 0 Å². The molecule has 0 aromatic carbocycles. The average Bonchev–Trinajstić information content (AvgIpc) is 2.55. The minimum absolute atomic E-state index is 0.490. The molecule has 0 atom stereocenters. The molecule has 56 valence electrons. The molecule has 0 aliphatic carbocycles. The first-order chi connectivity index (χ1) is 5.38. The summed E-state index contributed by atoms with van der Waals surface area (Å²) < 4.78 is 0. The van der Waals surface area contributed by atoms with Gasteiger partial charge in [0.15, 0.2) is 5.69 Å². The Morgan fingerprint density at radius 1 is 1.45 bits per heavy atom. The number of hydrogen-bond acceptors (Lipinski definition) is 5. The summed E-state index contributed by atoms with van der Waals surface area (Å²) in [7, 11) is 0. The zero-order valence-corrected chi connectivity index (χ0v) is 6.21. The fraction of sp³-hybridized carbons (Fsp3) is 0. The molecule has 0 unspecified atom stereocenters. The summed E-state index contributed by atoms with van der Waals surface area (Å²) in [6.07, 6.45) is 1.47. The monoisotopic (exact) mass is 168 g/mol. The van der Waals surface area contributed by atoms with Crippen molar-refractivity contribution in [1.82, 2.24) is 30.6 Å². The number of nitrogens with zero attached hydrogens (tertiary/aromatic N) is 4. The third kappa shape index (κ3) is 0.984. The van der Waals surface area contributed by atoms with E-state index < -0.39 is 0 Å². The molecule has 0 fully saturated rings. The van der Waals surface area contributed by atoms with Gasteiger partial charge in [-0.3, -0.25) is 10.2 Å². The Bertz CT molecular complexity index is 337. The van der Waals surface area contributed by atoms with Crippen LogP contribution in [-0.4, -0.2) is 30.6 Å². The molecule has 2 N–H and O–H groups in total. The van der Waals surface area contributed by atoms with Crippen LogP contribution in [-0.2, 0) is 0 Å². The summed E-state index contributed by atoms with van der Waals surface area (Å²) in [6.45, 7) is 0. The highest BCUT2D eigenvalue weighted by Crippen LogP contribution is 2.15. The number of aromatic amines is 2. The van der Waals surface area contributed by atoms with Crippen LogP contribution in [0, 0.1) is 0 Å². The Hall–Kier alpha value is -1.37. The zero-order valence-electron chi connectivity index (χ0n) is 5.31. The molecule has 0 aliphatic rings. The van der Waals surface area contributed by atoms with E-state index in [1.54, 1.807) is 0 Å². The van der Waals surface area contributed by atoms with E-state index in [4.69, 9.17) is 0 Å². The molecule has 0 amide bonds. The minimum Gasteiger partial charge on any atom is -0.265 e. The highest BCUT2D eigenvalue weighted by atomic mass is 32.1. The summed E-state index contributed by atoms with van der Waals surface area (Å²) in [4.78, 5) is 3.88. The molecule has 2 heterocycles. The molecule has 0 bridgehead atoms. The SMILES string of the molecule is Sc1[nH]nnc1-c1nc[nH]n1. The molecular formula is C4H4N6S. The quantitative estimate of drug-likeness (QED) is 0.518. The maximum absolute atomic E-state index is 4.06. The molecule has 6 nitrogen and oxygen atoms in total. The van der Waals surface area contributed by atoms with Crippen LogP contribution in [0.2, 0.25) is 0 Å². The summed E-state index contributed by atoms with van der Waals surface area (Å²) in [5.74, 6) is 0.490. The molecule has 0 saturated heterocycles. The minimum atomic E-state index is 0.490. The van der Waals surface area contributed by atoms with Crippen LogP contribution in [0.4, 0.5) is 0 Å². The number of aromatic nitrogens is 6. The van der Waals surface area contributed by atoms with Crippen molar-refractivity contribution in [3.05, 3.63) is 6.33 Å². The van der Waals surface area contributed by atoms with Crippen LogP contribution in [0.1, 0.15) is 0 Å². The second-order valence-corrected chi connectivity index (χ2v) is 2.28. The first kappa shape index (κ1) is 6.35. The van der Waals surface area contributed by atoms with Crippen LogP contribution in [0.5, 0.6) is 0 Å². The van der Waals surface area contributed by atoms with Gasteiger partial charge in [-0.05, 0) is 0 Å². The smallest absolute Gasteiger partial charge is 0.204 e. The van der Waals surface area contributed by atoms with Crippen LogP contribution in [0.25, 0.3) is 11.5 Å². The van der Waals surface area contributed by atoms with Gasteiger partial charge in [-0.2, -0.15) is 5.10 Å². The fourth-order valence-corrected chi connectivity index (χ4v) is 0.886. The molecule has 11 heavy (non-hydrogen) atoms. The van der Waals surface area contributed by atoms with Crippen molar-refractivity contribution in [3.63, 3.8) is 0 Å². The Kier molecular flexibility index (Phi) is 1.35. The van der Waals surface area contributed by atoms with Gasteiger partial charge >= 0.3 is 0 Å². The largest absolute Gasteiger partial charge is 0.265 e. The van der Waals surface area contributed by atoms with Gasteiger partial charge in [-0.1, -0.05) is 5.21 Å². The molecule has 2 aromatic heterocycles. The second kappa shape index (κ2) is 2.35. The van der Waals surface area contributed by atoms with Crippen molar-refractivity contribution < 1.29 is 0 Å². The third-order valence-electron chi connectivity index (χ3n) is 1.16. The predicted octanol–water partition coefficient (Wildman–Crippen LogP) is -0.122. The van der Waals surface area contributed by atoms with Gasteiger partial charge in [0.1, 0.15) is 11.4 Å². The predicted molar refractivity (Wildman–Crippen MR) is 39.0 cm³/mol. The maximum Gasteiger partial charge on any atom is 0.204 e. The van der Waals surface area contributed by atoms with E-state index in [0.29, 0.717) is 16.5 Å². The van der Waals surface area contributed by atoms with E-state index in [-0.39, 0.29) is 0 Å². The highest BCUT2D eigenvalue weighted by molar-refractivity contribution is 7.80. The summed E-state index contributed by atoms with van der Waals surface area (Å²) in [5.41, 5.74) is 0.551. The number of thiol groups is 1. The molecule has 0 spiro atoms. The summed E-state index contributed by atoms with van der Waals surface area (Å²) in [5, 5.41) is 16.8. The van der Waals surface area contributed by atoms with Crippen molar-refractivity contribution >= 4 is 12.6 Å². The fourth-order valence-electron chi connectivity index (χ4n) is 0.696. The number of hydrogen-bond donors (Lipinski definition) is 3. The Labute approximate surface area is 66.8 Å². The van der Waals surface area contributed by atoms with Gasteiger partial charge in [-0.15, -0.1) is 17.7 Å². The Balaban J connectivity index is 2.53. The lowest BCUT2D eigenvalue weighted by molar-refractivity contribution is 0.912. The Morgan fingerprint density at radius 3 is 2.91 bits per heavy atom. The van der Waals surface area contributed by atoms with Crippen LogP contribution < -0.4 is 0 Å². The van der Waals surface area contributed by atoms with Crippen LogP contribution >= 0.6 is 12.6 Å². The average molecular weight is 168 g/mol. The maximum atomic E-state index is 4.06. The lowest BCUT2D eigenvalue weighted by Gasteiger charge is -1.84. The number of H-pyrrole nitrogens is 2. The topological polar surface area (TPSA) is 83.1 Å². The summed E-state index contributed by atoms with van der Waals surface area (Å²) in [6, 6.07) is 0. The molecule has 0 radical (unpaired) electrons. The van der Waals surface area contributed by atoms with Crippen molar-refractivity contribution in [3.8, 4) is 11.5 Å². The number of rotatable bonds is 1. The summed E-state index contributed by atoms with van der Waals surface area (Å²) >= 11 is 4.06. The molecular weight excluding hydrogens is 164 g/mol. The van der Waals surface area contributed by atoms with E-state index in [0.717, 1.165) is 0 Å². The van der Waals surface area contributed by atoms with Gasteiger partial charge in [0, 0.05) is 0 Å². The first-order valence-electron chi connectivity index (χ1n) is 2.84. The van der Waals surface area contributed by atoms with E-state index >= 15 is 0 Å². The van der Waals surface area contributed by atoms with Crippen molar-refractivity contribution in [2.75, 3.05) is 0 Å². The molecule has 2 rings (SSSR count). The normalized spacial score (nSPS) is 10.3. The lowest BCUT2D eigenvalue weighted by atomic mass is 10.5. The zero-order chi connectivity index (χ0) is 7.68. The van der Waals surface area contributed by atoms with Crippen LogP contribution in [0.3, 0.4) is 0 Å². The Morgan fingerprint density at radius 2 is 2.36 bits per heavy atom. The standard InChI is InChI=1S/C4H4N6S/c11-4-2(7-10-9-4)3-5-1-6-8-3/h1H,(H,5,6,8)(H2,7,9,10,11).